The second-order valence-electron chi connectivity index (χ2n) is 5.59. The van der Waals surface area contributed by atoms with Gasteiger partial charge in [-0.3, -0.25) is 0 Å². The van der Waals surface area contributed by atoms with E-state index in [1.54, 1.807) is 0 Å². The van der Waals surface area contributed by atoms with Gasteiger partial charge in [-0.15, -0.1) is 0 Å². The molecule has 0 saturated heterocycles. The van der Waals surface area contributed by atoms with Gasteiger partial charge in [0.25, 0.3) is 0 Å². The molecule has 21 heavy (non-hydrogen) atoms. The maximum Gasteiger partial charge on any atom is 0.127 e. The summed E-state index contributed by atoms with van der Waals surface area (Å²) in [5, 5.41) is 2.38. The lowest BCUT2D eigenvalue weighted by Gasteiger charge is -2.11. The quantitative estimate of drug-likeness (QED) is 0.655. The predicted octanol–water partition coefficient (Wildman–Crippen LogP) is 5.04. The first-order valence-electron chi connectivity index (χ1n) is 8.20. The Morgan fingerprint density at radius 2 is 1.57 bits per heavy atom. The molecule has 0 heterocycles. The summed E-state index contributed by atoms with van der Waals surface area (Å²) in [6.07, 6.45) is 7.73. The lowest BCUT2D eigenvalue weighted by molar-refractivity contribution is 0.308. The van der Waals surface area contributed by atoms with Crippen molar-refractivity contribution in [3.05, 3.63) is 42.0 Å². The van der Waals surface area contributed by atoms with E-state index in [1.165, 1.54) is 48.4 Å². The van der Waals surface area contributed by atoms with Gasteiger partial charge in [0.15, 0.2) is 0 Å². The Bertz CT molecular complexity index is 550. The van der Waals surface area contributed by atoms with Crippen molar-refractivity contribution < 1.29 is 4.74 Å². The van der Waals surface area contributed by atoms with Gasteiger partial charge in [0.1, 0.15) is 5.75 Å². The predicted molar refractivity (Wildman–Crippen MR) is 90.7 cm³/mol. The molecule has 2 nitrogen and oxygen atoms in total. The normalized spacial score (nSPS) is 11.0. The summed E-state index contributed by atoms with van der Waals surface area (Å²) in [6.45, 7) is 3.62. The number of ether oxygens (including phenoxy) is 1. The molecular weight excluding hydrogens is 258 g/mol. The fourth-order valence-corrected chi connectivity index (χ4v) is 2.70. The van der Waals surface area contributed by atoms with E-state index in [2.05, 4.69) is 43.3 Å². The van der Waals surface area contributed by atoms with E-state index in [0.29, 0.717) is 6.54 Å². The molecule has 0 bridgehead atoms. The molecule has 0 aliphatic heterocycles. The number of rotatable bonds is 9. The first-order chi connectivity index (χ1) is 10.4. The lowest BCUT2D eigenvalue weighted by atomic mass is 10.0. The number of hydrogen-bond donors (Lipinski definition) is 1. The zero-order valence-corrected chi connectivity index (χ0v) is 13.1. The Balaban J connectivity index is 1.90. The molecule has 0 spiro atoms. The highest BCUT2D eigenvalue weighted by Gasteiger charge is 2.05. The first kappa shape index (κ1) is 15.8. The van der Waals surface area contributed by atoms with Crippen molar-refractivity contribution in [1.82, 2.24) is 0 Å². The van der Waals surface area contributed by atoms with Crippen LogP contribution in [0.25, 0.3) is 10.8 Å². The van der Waals surface area contributed by atoms with Gasteiger partial charge in [0.05, 0.1) is 6.61 Å². The Hall–Kier alpha value is -1.54. The van der Waals surface area contributed by atoms with Crippen LogP contribution < -0.4 is 10.5 Å². The van der Waals surface area contributed by atoms with Crippen LogP contribution in [0.4, 0.5) is 0 Å². The van der Waals surface area contributed by atoms with E-state index >= 15 is 0 Å². The fraction of sp³-hybridized carbons (Fsp3) is 0.474. The van der Waals surface area contributed by atoms with E-state index in [0.717, 1.165) is 18.8 Å². The molecule has 0 atom stereocenters. The lowest BCUT2D eigenvalue weighted by Crippen LogP contribution is -2.01. The van der Waals surface area contributed by atoms with Crippen LogP contribution >= 0.6 is 0 Å². The molecule has 0 aromatic heterocycles. The van der Waals surface area contributed by atoms with Crippen LogP contribution in [0.2, 0.25) is 0 Å². The molecule has 2 aromatic rings. The van der Waals surface area contributed by atoms with Gasteiger partial charge < -0.3 is 10.5 Å². The summed E-state index contributed by atoms with van der Waals surface area (Å²) in [4.78, 5) is 0. The number of hydrogen-bond acceptors (Lipinski definition) is 2. The summed E-state index contributed by atoms with van der Waals surface area (Å²) in [5.41, 5.74) is 6.98. The van der Waals surface area contributed by atoms with Crippen LogP contribution in [0.3, 0.4) is 0 Å². The van der Waals surface area contributed by atoms with Crippen molar-refractivity contribution in [3.8, 4) is 5.75 Å². The molecule has 0 fully saturated rings. The van der Waals surface area contributed by atoms with Crippen molar-refractivity contribution >= 4 is 10.8 Å². The van der Waals surface area contributed by atoms with Crippen LogP contribution in [0, 0.1) is 0 Å². The van der Waals surface area contributed by atoms with E-state index in [4.69, 9.17) is 10.5 Å². The molecule has 2 N–H and O–H groups in total. The summed E-state index contributed by atoms with van der Waals surface area (Å²) in [6, 6.07) is 12.5. The Morgan fingerprint density at radius 3 is 2.33 bits per heavy atom. The molecule has 0 unspecified atom stereocenters. The molecule has 0 saturated carbocycles. The van der Waals surface area contributed by atoms with Crippen LogP contribution in [0.15, 0.2) is 36.4 Å². The van der Waals surface area contributed by atoms with E-state index < -0.39 is 0 Å². The molecule has 2 rings (SSSR count). The van der Waals surface area contributed by atoms with Crippen LogP contribution in [0.1, 0.15) is 51.0 Å². The van der Waals surface area contributed by atoms with Gasteiger partial charge >= 0.3 is 0 Å². The largest absolute Gasteiger partial charge is 0.493 e. The average molecular weight is 285 g/mol. The zero-order valence-electron chi connectivity index (χ0n) is 13.1. The molecule has 114 valence electrons. The minimum absolute atomic E-state index is 0.568. The molecule has 2 aromatic carbocycles. The van der Waals surface area contributed by atoms with E-state index in [-0.39, 0.29) is 0 Å². The van der Waals surface area contributed by atoms with Crippen molar-refractivity contribution in [2.75, 3.05) is 6.61 Å². The summed E-state index contributed by atoms with van der Waals surface area (Å²) >= 11 is 0. The van der Waals surface area contributed by atoms with Gasteiger partial charge in [-0.05, 0) is 23.4 Å². The second kappa shape index (κ2) is 8.68. The highest BCUT2D eigenvalue weighted by Crippen LogP contribution is 2.28. The summed E-state index contributed by atoms with van der Waals surface area (Å²) in [5.74, 6) is 0.983. The number of unbranched alkanes of at least 4 members (excludes halogenated alkanes) is 5. The summed E-state index contributed by atoms with van der Waals surface area (Å²) in [7, 11) is 0. The van der Waals surface area contributed by atoms with Gasteiger partial charge in [-0.25, -0.2) is 0 Å². The molecule has 0 aliphatic rings. The van der Waals surface area contributed by atoms with Gasteiger partial charge in [0, 0.05) is 11.9 Å². The Morgan fingerprint density at radius 1 is 0.857 bits per heavy atom. The summed E-state index contributed by atoms with van der Waals surface area (Å²) < 4.78 is 5.98. The average Bonchev–Trinajstić information content (AvgIpc) is 2.54. The minimum Gasteiger partial charge on any atom is -0.493 e. The standard InChI is InChI=1S/C19H27NO/c1-2-3-4-5-6-9-14-21-19-13-12-16(15-20)17-10-7-8-11-18(17)19/h7-8,10-13H,2-6,9,14-15,20H2,1H3. The minimum atomic E-state index is 0.568. The monoisotopic (exact) mass is 285 g/mol. The highest BCUT2D eigenvalue weighted by atomic mass is 16.5. The topological polar surface area (TPSA) is 35.2 Å². The van der Waals surface area contributed by atoms with Crippen molar-refractivity contribution in [1.29, 1.82) is 0 Å². The fourth-order valence-electron chi connectivity index (χ4n) is 2.70. The maximum absolute atomic E-state index is 5.98. The van der Waals surface area contributed by atoms with Gasteiger partial charge in [-0.2, -0.15) is 0 Å². The van der Waals surface area contributed by atoms with E-state index in [1.807, 2.05) is 0 Å². The first-order valence-corrected chi connectivity index (χ1v) is 8.20. The molecule has 0 radical (unpaired) electrons. The molecule has 0 amide bonds. The molecule has 0 aliphatic carbocycles. The maximum atomic E-state index is 5.98. The highest BCUT2D eigenvalue weighted by molar-refractivity contribution is 5.91. The third-order valence-corrected chi connectivity index (χ3v) is 3.95. The zero-order chi connectivity index (χ0) is 14.9. The van der Waals surface area contributed by atoms with Crippen molar-refractivity contribution in [3.63, 3.8) is 0 Å². The Labute approximate surface area is 128 Å². The smallest absolute Gasteiger partial charge is 0.127 e. The van der Waals surface area contributed by atoms with Crippen LogP contribution in [0.5, 0.6) is 5.75 Å². The van der Waals surface area contributed by atoms with Crippen molar-refractivity contribution in [2.24, 2.45) is 5.73 Å². The second-order valence-corrected chi connectivity index (χ2v) is 5.59. The van der Waals surface area contributed by atoms with Gasteiger partial charge in [-0.1, -0.05) is 69.4 Å². The van der Waals surface area contributed by atoms with Gasteiger partial charge in [0.2, 0.25) is 0 Å². The van der Waals surface area contributed by atoms with Crippen LogP contribution in [-0.4, -0.2) is 6.61 Å². The Kier molecular flexibility index (Phi) is 6.55. The SMILES string of the molecule is CCCCCCCCOc1ccc(CN)c2ccccc12. The molecular formula is C19H27NO. The number of nitrogens with two attached hydrogens (primary N) is 1. The number of fused-ring (bicyclic) bond motifs is 1. The third-order valence-electron chi connectivity index (χ3n) is 3.95. The third kappa shape index (κ3) is 4.47. The van der Waals surface area contributed by atoms with Crippen LogP contribution in [-0.2, 0) is 6.54 Å². The van der Waals surface area contributed by atoms with Crippen molar-refractivity contribution in [2.45, 2.75) is 52.0 Å². The number of benzene rings is 2. The molecule has 2 heteroatoms. The van der Waals surface area contributed by atoms with E-state index in [9.17, 15) is 0 Å².